The van der Waals surface area contributed by atoms with Crippen molar-refractivity contribution in [1.82, 2.24) is 10.1 Å². The summed E-state index contributed by atoms with van der Waals surface area (Å²) in [5.74, 6) is 2.67. The van der Waals surface area contributed by atoms with E-state index in [0.717, 1.165) is 102 Å². The van der Waals surface area contributed by atoms with Crippen molar-refractivity contribution < 1.29 is 23.6 Å². The van der Waals surface area contributed by atoms with Gasteiger partial charge in [-0.1, -0.05) is 54.1 Å². The molecule has 3 aromatic carbocycles. The first-order valence-electron chi connectivity index (χ1n) is 17.0. The standard InChI is InChI=1S/C40H38N2O5/c1-3-31-36-33(47-41-39(36)46-22-24-8-5-4-6-9-24)19-27-17-26-18-30-34(37(44)35(26)32-20-40(27,31)32)23(2)29-16-25(21-42-12-7-13-42)10-11-28(29)38(30)45-15-14-43/h3-6,8-11,14,16,26-27H,7,12-13,15,17-22H2,1-2H3. The van der Waals surface area contributed by atoms with Crippen LogP contribution >= 0.6 is 0 Å². The molecule has 0 amide bonds. The molecule has 0 bridgehead atoms. The predicted octanol–water partition coefficient (Wildman–Crippen LogP) is 7.22. The summed E-state index contributed by atoms with van der Waals surface area (Å²) >= 11 is 0. The molecule has 238 valence electrons. The lowest BCUT2D eigenvalue weighted by atomic mass is 9.61. The summed E-state index contributed by atoms with van der Waals surface area (Å²) in [6.07, 6.45) is 7.50. The first-order chi connectivity index (χ1) is 23.0. The lowest BCUT2D eigenvalue weighted by molar-refractivity contribution is -0.109. The van der Waals surface area contributed by atoms with Crippen LogP contribution in [0.25, 0.3) is 16.3 Å². The third-order valence-corrected chi connectivity index (χ3v) is 11.5. The summed E-state index contributed by atoms with van der Waals surface area (Å²) in [7, 11) is 0. The molecule has 5 aliphatic rings. The highest BCUT2D eigenvalue weighted by molar-refractivity contribution is 6.17. The molecule has 3 atom stereocenters. The van der Waals surface area contributed by atoms with E-state index in [0.29, 0.717) is 24.2 Å². The Hall–Kier alpha value is -4.49. The quantitative estimate of drug-likeness (QED) is 0.191. The molecule has 0 N–H and O–H groups in total. The number of fused-ring (bicyclic) bond motifs is 4. The smallest absolute Gasteiger partial charge is 0.262 e. The van der Waals surface area contributed by atoms with Crippen LogP contribution in [0.5, 0.6) is 11.6 Å². The van der Waals surface area contributed by atoms with Gasteiger partial charge < -0.3 is 14.0 Å². The molecular formula is C40H38N2O5. The zero-order valence-corrected chi connectivity index (χ0v) is 26.9. The Morgan fingerprint density at radius 3 is 2.66 bits per heavy atom. The number of hydrogen-bond acceptors (Lipinski definition) is 7. The number of ketones is 1. The van der Waals surface area contributed by atoms with Gasteiger partial charge >= 0.3 is 0 Å². The molecule has 7 heteroatoms. The van der Waals surface area contributed by atoms with Crippen molar-refractivity contribution in [1.29, 1.82) is 0 Å². The fraction of sp³-hybridized carbons (Fsp3) is 0.375. The zero-order chi connectivity index (χ0) is 31.9. The molecule has 1 spiro atoms. The molecule has 2 fully saturated rings. The number of hydrogen-bond donors (Lipinski definition) is 0. The minimum absolute atomic E-state index is 0.0354. The monoisotopic (exact) mass is 626 g/mol. The summed E-state index contributed by atoms with van der Waals surface area (Å²) in [6, 6.07) is 16.6. The average Bonchev–Trinajstić information content (AvgIpc) is 3.68. The summed E-state index contributed by atoms with van der Waals surface area (Å²) < 4.78 is 18.4. The SMILES string of the molecule is CC=C1c2c(OCc3ccccc3)noc2CC2CC3Cc4c(c(C)c5cc(CN6CCC6)ccc5c4OCC=O)C(=O)C3=C3CC132. The molecule has 1 saturated heterocycles. The highest BCUT2D eigenvalue weighted by Crippen LogP contribution is 2.74. The van der Waals surface area contributed by atoms with E-state index in [1.54, 1.807) is 0 Å². The van der Waals surface area contributed by atoms with Crippen molar-refractivity contribution in [2.45, 2.75) is 59.1 Å². The van der Waals surface area contributed by atoms with Gasteiger partial charge in [0.05, 0.1) is 5.56 Å². The Morgan fingerprint density at radius 2 is 1.89 bits per heavy atom. The molecular weight excluding hydrogens is 588 g/mol. The molecule has 3 unspecified atom stereocenters. The number of likely N-dealkylation sites (tertiary alicyclic amines) is 1. The second-order valence-electron chi connectivity index (χ2n) is 14.0. The second-order valence-corrected chi connectivity index (χ2v) is 14.0. The van der Waals surface area contributed by atoms with E-state index < -0.39 is 0 Å². The van der Waals surface area contributed by atoms with E-state index in [9.17, 15) is 9.59 Å². The van der Waals surface area contributed by atoms with E-state index in [4.69, 9.17) is 14.0 Å². The first kappa shape index (κ1) is 28.7. The van der Waals surface area contributed by atoms with Crippen molar-refractivity contribution in [2.75, 3.05) is 19.7 Å². The first-order valence-corrected chi connectivity index (χ1v) is 17.0. The van der Waals surface area contributed by atoms with Crippen molar-refractivity contribution in [2.24, 2.45) is 17.3 Å². The van der Waals surface area contributed by atoms with E-state index >= 15 is 0 Å². The van der Waals surface area contributed by atoms with Gasteiger partial charge in [0.15, 0.2) is 12.1 Å². The predicted molar refractivity (Wildman–Crippen MR) is 178 cm³/mol. The Balaban J connectivity index is 1.12. The Morgan fingerprint density at radius 1 is 1.04 bits per heavy atom. The van der Waals surface area contributed by atoms with E-state index in [1.807, 2.05) is 30.3 Å². The average molecular weight is 627 g/mol. The Bertz CT molecular complexity index is 2030. The van der Waals surface area contributed by atoms with Gasteiger partial charge in [-0.05, 0) is 103 Å². The van der Waals surface area contributed by atoms with E-state index in [1.165, 1.54) is 23.1 Å². The van der Waals surface area contributed by atoms with Gasteiger partial charge in [0.2, 0.25) is 0 Å². The van der Waals surface area contributed by atoms with Crippen molar-refractivity contribution in [3.63, 3.8) is 0 Å². The van der Waals surface area contributed by atoms with Gasteiger partial charge in [-0.3, -0.25) is 14.5 Å². The molecule has 4 aromatic rings. The van der Waals surface area contributed by atoms with Crippen molar-refractivity contribution >= 4 is 28.4 Å². The number of aldehydes is 1. The number of aromatic nitrogens is 1. The maximum atomic E-state index is 14.8. The van der Waals surface area contributed by atoms with Crippen LogP contribution in [-0.2, 0) is 30.8 Å². The molecule has 1 aromatic heterocycles. The summed E-state index contributed by atoms with van der Waals surface area (Å²) in [4.78, 5) is 28.8. The summed E-state index contributed by atoms with van der Waals surface area (Å²) in [5.41, 5.74) is 9.32. The maximum Gasteiger partial charge on any atom is 0.262 e. The topological polar surface area (TPSA) is 81.9 Å². The van der Waals surface area contributed by atoms with Crippen LogP contribution in [0.3, 0.4) is 0 Å². The minimum Gasteiger partial charge on any atom is -0.485 e. The number of allylic oxidation sites excluding steroid dienone is 4. The fourth-order valence-electron chi connectivity index (χ4n) is 9.30. The molecule has 47 heavy (non-hydrogen) atoms. The molecule has 7 nitrogen and oxygen atoms in total. The highest BCUT2D eigenvalue weighted by Gasteiger charge is 2.65. The van der Waals surface area contributed by atoms with Crippen LogP contribution in [0.2, 0.25) is 0 Å². The Labute approximate surface area is 274 Å². The molecule has 9 rings (SSSR count). The third kappa shape index (κ3) is 4.25. The van der Waals surface area contributed by atoms with Gasteiger partial charge in [0.25, 0.3) is 5.88 Å². The molecule has 2 heterocycles. The number of benzene rings is 3. The molecule has 1 aliphatic heterocycles. The summed E-state index contributed by atoms with van der Waals surface area (Å²) in [5, 5.41) is 6.43. The van der Waals surface area contributed by atoms with Gasteiger partial charge in [-0.25, -0.2) is 0 Å². The number of Topliss-reactive ketones (excluding diaryl/α,β-unsaturated/α-hetero) is 1. The number of rotatable bonds is 8. The molecule has 0 radical (unpaired) electrons. The van der Waals surface area contributed by atoms with Crippen LogP contribution in [0, 0.1) is 24.2 Å². The van der Waals surface area contributed by atoms with Crippen LogP contribution in [0.1, 0.15) is 70.1 Å². The van der Waals surface area contributed by atoms with Gasteiger partial charge in [-0.2, -0.15) is 0 Å². The number of carbonyl (C=O) groups is 2. The maximum absolute atomic E-state index is 14.8. The van der Waals surface area contributed by atoms with Crippen LogP contribution < -0.4 is 9.47 Å². The van der Waals surface area contributed by atoms with Crippen molar-refractivity contribution in [3.05, 3.63) is 105 Å². The van der Waals surface area contributed by atoms with Crippen molar-refractivity contribution in [3.8, 4) is 11.6 Å². The van der Waals surface area contributed by atoms with Gasteiger partial charge in [0, 0.05) is 40.5 Å². The van der Waals surface area contributed by atoms with Gasteiger partial charge in [0.1, 0.15) is 24.7 Å². The minimum atomic E-state index is -0.177. The lowest BCUT2D eigenvalue weighted by Crippen LogP contribution is -2.36. The highest BCUT2D eigenvalue weighted by atomic mass is 16.5. The fourth-order valence-corrected chi connectivity index (χ4v) is 9.30. The molecule has 1 saturated carbocycles. The van der Waals surface area contributed by atoms with Crippen LogP contribution in [0.15, 0.2) is 70.3 Å². The number of nitrogens with zero attached hydrogens (tertiary/aromatic N) is 2. The number of aryl methyl sites for hydroxylation is 1. The lowest BCUT2D eigenvalue weighted by Gasteiger charge is -2.41. The van der Waals surface area contributed by atoms with Gasteiger partial charge in [-0.15, -0.1) is 0 Å². The molecule has 4 aliphatic carbocycles. The largest absolute Gasteiger partial charge is 0.485 e. The number of carbonyl (C=O) groups excluding carboxylic acids is 2. The third-order valence-electron chi connectivity index (χ3n) is 11.5. The summed E-state index contributed by atoms with van der Waals surface area (Å²) in [6.45, 7) is 7.71. The second kappa shape index (κ2) is 10.8. The van der Waals surface area contributed by atoms with E-state index in [-0.39, 0.29) is 23.7 Å². The number of ether oxygens (including phenoxy) is 2. The zero-order valence-electron chi connectivity index (χ0n) is 26.9. The van der Waals surface area contributed by atoms with Crippen LogP contribution in [-0.4, -0.2) is 41.8 Å². The normalized spacial score (nSPS) is 25.0. The Kier molecular flexibility index (Phi) is 6.58. The van der Waals surface area contributed by atoms with Crippen LogP contribution in [0.4, 0.5) is 0 Å². The van der Waals surface area contributed by atoms with E-state index in [2.05, 4.69) is 48.2 Å².